The van der Waals surface area contributed by atoms with Gasteiger partial charge in [0, 0.05) is 12.0 Å². The van der Waals surface area contributed by atoms with Gasteiger partial charge in [0.2, 0.25) is 5.75 Å². The molecule has 0 unspecified atom stereocenters. The number of methoxy groups -OCH3 is 6. The maximum absolute atomic E-state index is 12.6. The summed E-state index contributed by atoms with van der Waals surface area (Å²) in [5.74, 6) is 2.02. The number of aliphatic hydroxyl groups excluding tert-OH is 1. The largest absolute Gasteiger partial charge is 0.493 e. The molecule has 0 fully saturated rings. The Morgan fingerprint density at radius 2 is 1.28 bits per heavy atom. The summed E-state index contributed by atoms with van der Waals surface area (Å²) in [4.78, 5) is 12.6. The number of carbonyl (C=O) groups is 1. The maximum Gasteiger partial charge on any atom is 0.334 e. The van der Waals surface area contributed by atoms with Gasteiger partial charge in [0.05, 0.1) is 49.3 Å². The van der Waals surface area contributed by atoms with E-state index in [1.807, 2.05) is 12.1 Å². The Hall–Kier alpha value is -3.39. The molecule has 0 spiro atoms. The minimum Gasteiger partial charge on any atom is -0.493 e. The molecule has 0 bridgehead atoms. The zero-order valence-electron chi connectivity index (χ0n) is 19.3. The summed E-state index contributed by atoms with van der Waals surface area (Å²) in [5, 5.41) is 10.1. The van der Waals surface area contributed by atoms with Gasteiger partial charge in [-0.15, -0.1) is 0 Å². The lowest BCUT2D eigenvalue weighted by Gasteiger charge is -2.17. The standard InChI is InChI=1S/C24H30O8/c1-27-19-8-7-15(11-20(19)28-2)9-17(14-25)18(24(26)32-6)10-16-12-21(29-3)23(31-5)22(13-16)30-4/h7-8,11-13,25H,9-10,14H2,1-6H3/b18-17-. The molecule has 0 atom stereocenters. The molecule has 2 aromatic carbocycles. The second-order valence-corrected chi connectivity index (χ2v) is 6.81. The van der Waals surface area contributed by atoms with Crippen LogP contribution in [0.15, 0.2) is 41.5 Å². The fourth-order valence-corrected chi connectivity index (χ4v) is 3.40. The molecule has 0 aliphatic heterocycles. The van der Waals surface area contributed by atoms with Gasteiger partial charge in [0.15, 0.2) is 23.0 Å². The molecule has 0 aliphatic carbocycles. The highest BCUT2D eigenvalue weighted by Crippen LogP contribution is 2.39. The molecule has 0 aromatic heterocycles. The third kappa shape index (κ3) is 5.64. The van der Waals surface area contributed by atoms with Crippen molar-refractivity contribution in [2.45, 2.75) is 12.8 Å². The average molecular weight is 446 g/mol. The van der Waals surface area contributed by atoms with Crippen LogP contribution in [0.5, 0.6) is 28.7 Å². The number of hydrogen-bond acceptors (Lipinski definition) is 8. The molecule has 2 aromatic rings. The third-order valence-electron chi connectivity index (χ3n) is 5.02. The fourth-order valence-electron chi connectivity index (χ4n) is 3.40. The monoisotopic (exact) mass is 446 g/mol. The molecular weight excluding hydrogens is 416 g/mol. The van der Waals surface area contributed by atoms with Gasteiger partial charge in [0.25, 0.3) is 0 Å². The van der Waals surface area contributed by atoms with Gasteiger partial charge in [-0.25, -0.2) is 4.79 Å². The predicted molar refractivity (Wildman–Crippen MR) is 119 cm³/mol. The SMILES string of the molecule is COC(=O)/C(Cc1cc(OC)c(OC)c(OC)c1)=C(\CO)Cc1ccc(OC)c(OC)c1. The van der Waals surface area contributed by atoms with Crippen molar-refractivity contribution in [2.75, 3.05) is 49.3 Å². The summed E-state index contributed by atoms with van der Waals surface area (Å²) in [6.45, 7) is -0.316. The summed E-state index contributed by atoms with van der Waals surface area (Å²) >= 11 is 0. The molecule has 0 heterocycles. The van der Waals surface area contributed by atoms with Crippen LogP contribution in [0.3, 0.4) is 0 Å². The van der Waals surface area contributed by atoms with E-state index < -0.39 is 5.97 Å². The highest BCUT2D eigenvalue weighted by Gasteiger charge is 2.20. The Morgan fingerprint density at radius 1 is 0.719 bits per heavy atom. The molecule has 2 rings (SSSR count). The molecule has 0 saturated heterocycles. The number of hydrogen-bond donors (Lipinski definition) is 1. The van der Waals surface area contributed by atoms with Crippen molar-refractivity contribution in [1.82, 2.24) is 0 Å². The molecule has 1 N–H and O–H groups in total. The van der Waals surface area contributed by atoms with E-state index in [1.54, 1.807) is 32.4 Å². The van der Waals surface area contributed by atoms with E-state index in [4.69, 9.17) is 28.4 Å². The van der Waals surface area contributed by atoms with Crippen molar-refractivity contribution in [3.63, 3.8) is 0 Å². The predicted octanol–water partition coefficient (Wildman–Crippen LogP) is 2.98. The minimum absolute atomic E-state index is 0.201. The molecular formula is C24H30O8. The normalized spacial score (nSPS) is 11.3. The van der Waals surface area contributed by atoms with Crippen LogP contribution in [0, 0.1) is 0 Å². The highest BCUT2D eigenvalue weighted by atomic mass is 16.5. The Kier molecular flexibility index (Phi) is 9.22. The summed E-state index contributed by atoms with van der Waals surface area (Å²) in [7, 11) is 8.98. The van der Waals surface area contributed by atoms with Gasteiger partial charge >= 0.3 is 5.97 Å². The quantitative estimate of drug-likeness (QED) is 0.416. The molecule has 0 aliphatic rings. The van der Waals surface area contributed by atoms with E-state index in [-0.39, 0.29) is 13.0 Å². The highest BCUT2D eigenvalue weighted by molar-refractivity contribution is 5.90. The summed E-state index contributed by atoms with van der Waals surface area (Å²) in [6, 6.07) is 8.96. The molecule has 0 amide bonds. The van der Waals surface area contributed by atoms with Crippen LogP contribution in [0.4, 0.5) is 0 Å². The Balaban J connectivity index is 2.50. The van der Waals surface area contributed by atoms with Crippen LogP contribution in [-0.4, -0.2) is 60.3 Å². The van der Waals surface area contributed by atoms with Gasteiger partial charge < -0.3 is 33.5 Å². The first-order chi connectivity index (χ1) is 15.5. The van der Waals surface area contributed by atoms with E-state index in [0.29, 0.717) is 46.3 Å². The molecule has 8 heteroatoms. The van der Waals surface area contributed by atoms with Crippen LogP contribution in [0.25, 0.3) is 0 Å². The minimum atomic E-state index is -0.525. The Labute approximate surface area is 188 Å². The average Bonchev–Trinajstić information content (AvgIpc) is 2.84. The topological polar surface area (TPSA) is 92.7 Å². The molecule has 0 radical (unpaired) electrons. The van der Waals surface area contributed by atoms with Crippen LogP contribution < -0.4 is 23.7 Å². The molecule has 0 saturated carbocycles. The third-order valence-corrected chi connectivity index (χ3v) is 5.02. The van der Waals surface area contributed by atoms with Crippen LogP contribution in [0.2, 0.25) is 0 Å². The molecule has 174 valence electrons. The Morgan fingerprint density at radius 3 is 1.75 bits per heavy atom. The molecule has 8 nitrogen and oxygen atoms in total. The summed E-state index contributed by atoms with van der Waals surface area (Å²) in [5.41, 5.74) is 2.45. The van der Waals surface area contributed by atoms with E-state index in [9.17, 15) is 9.90 Å². The van der Waals surface area contributed by atoms with Gasteiger partial charge in [-0.1, -0.05) is 6.07 Å². The van der Waals surface area contributed by atoms with Gasteiger partial charge in [-0.05, 0) is 47.4 Å². The fraction of sp³-hybridized carbons (Fsp3) is 0.375. The lowest BCUT2D eigenvalue weighted by molar-refractivity contribution is -0.136. The van der Waals surface area contributed by atoms with Gasteiger partial charge in [-0.2, -0.15) is 0 Å². The first-order valence-electron chi connectivity index (χ1n) is 9.86. The second-order valence-electron chi connectivity index (χ2n) is 6.81. The van der Waals surface area contributed by atoms with Crippen molar-refractivity contribution >= 4 is 5.97 Å². The summed E-state index contributed by atoms with van der Waals surface area (Å²) < 4.78 is 31.8. The van der Waals surface area contributed by atoms with E-state index in [1.165, 1.54) is 28.4 Å². The van der Waals surface area contributed by atoms with E-state index >= 15 is 0 Å². The van der Waals surface area contributed by atoms with Crippen LogP contribution >= 0.6 is 0 Å². The number of rotatable bonds is 11. The lowest BCUT2D eigenvalue weighted by atomic mass is 9.95. The summed E-state index contributed by atoms with van der Waals surface area (Å²) in [6.07, 6.45) is 0.526. The van der Waals surface area contributed by atoms with E-state index in [0.717, 1.165) is 11.1 Å². The number of carbonyl (C=O) groups excluding carboxylic acids is 1. The lowest BCUT2D eigenvalue weighted by Crippen LogP contribution is -2.14. The van der Waals surface area contributed by atoms with Gasteiger partial charge in [0.1, 0.15) is 0 Å². The van der Waals surface area contributed by atoms with E-state index in [2.05, 4.69) is 0 Å². The number of esters is 1. The number of ether oxygens (including phenoxy) is 6. The molecule has 32 heavy (non-hydrogen) atoms. The zero-order valence-corrected chi connectivity index (χ0v) is 19.3. The smallest absolute Gasteiger partial charge is 0.334 e. The number of benzene rings is 2. The number of aliphatic hydroxyl groups is 1. The zero-order chi connectivity index (χ0) is 23.7. The second kappa shape index (κ2) is 11.9. The van der Waals surface area contributed by atoms with Crippen molar-refractivity contribution in [3.05, 3.63) is 52.6 Å². The van der Waals surface area contributed by atoms with Crippen LogP contribution in [-0.2, 0) is 22.4 Å². The van der Waals surface area contributed by atoms with Gasteiger partial charge in [-0.3, -0.25) is 0 Å². The maximum atomic E-state index is 12.6. The van der Waals surface area contributed by atoms with Crippen molar-refractivity contribution < 1.29 is 38.3 Å². The Bertz CT molecular complexity index is 939. The van der Waals surface area contributed by atoms with Crippen molar-refractivity contribution in [2.24, 2.45) is 0 Å². The van der Waals surface area contributed by atoms with Crippen molar-refractivity contribution in [1.29, 1.82) is 0 Å². The van der Waals surface area contributed by atoms with Crippen molar-refractivity contribution in [3.8, 4) is 28.7 Å². The first-order valence-corrected chi connectivity index (χ1v) is 9.86. The van der Waals surface area contributed by atoms with Crippen LogP contribution in [0.1, 0.15) is 11.1 Å². The first kappa shape index (κ1) is 24.9.